The fourth-order valence-electron chi connectivity index (χ4n) is 1.55. The molecule has 3 heteroatoms. The SMILES string of the molecule is COc1cc(N)cc(NCC2(C)CC2)c1. The van der Waals surface area contributed by atoms with Crippen LogP contribution in [0.1, 0.15) is 19.8 Å². The van der Waals surface area contributed by atoms with Gasteiger partial charge in [-0.15, -0.1) is 0 Å². The van der Waals surface area contributed by atoms with Crippen molar-refractivity contribution in [2.24, 2.45) is 5.41 Å². The van der Waals surface area contributed by atoms with E-state index in [1.165, 1.54) is 12.8 Å². The Morgan fingerprint density at radius 1 is 1.40 bits per heavy atom. The molecular weight excluding hydrogens is 188 g/mol. The standard InChI is InChI=1S/C12H18N2O/c1-12(3-4-12)8-14-10-5-9(13)6-11(7-10)15-2/h5-7,14H,3-4,8,13H2,1-2H3. The molecule has 1 aromatic rings. The average Bonchev–Trinajstić information content (AvgIpc) is 2.94. The Morgan fingerprint density at radius 3 is 2.73 bits per heavy atom. The van der Waals surface area contributed by atoms with Crippen molar-refractivity contribution in [3.63, 3.8) is 0 Å². The quantitative estimate of drug-likeness (QED) is 0.744. The number of rotatable bonds is 4. The molecule has 3 nitrogen and oxygen atoms in total. The second-order valence-corrected chi connectivity index (χ2v) is 4.66. The van der Waals surface area contributed by atoms with Crippen molar-refractivity contribution in [3.05, 3.63) is 18.2 Å². The second-order valence-electron chi connectivity index (χ2n) is 4.66. The molecule has 82 valence electrons. The maximum absolute atomic E-state index is 5.77. The summed E-state index contributed by atoms with van der Waals surface area (Å²) in [6, 6.07) is 5.74. The van der Waals surface area contributed by atoms with E-state index < -0.39 is 0 Å². The molecule has 2 rings (SSSR count). The van der Waals surface area contributed by atoms with Crippen LogP contribution in [0.5, 0.6) is 5.75 Å². The number of benzene rings is 1. The van der Waals surface area contributed by atoms with Gasteiger partial charge >= 0.3 is 0 Å². The molecule has 0 aromatic heterocycles. The number of methoxy groups -OCH3 is 1. The maximum atomic E-state index is 5.77. The van der Waals surface area contributed by atoms with Gasteiger partial charge in [0.2, 0.25) is 0 Å². The van der Waals surface area contributed by atoms with Crippen molar-refractivity contribution in [3.8, 4) is 5.75 Å². The summed E-state index contributed by atoms with van der Waals surface area (Å²) in [5, 5.41) is 3.40. The lowest BCUT2D eigenvalue weighted by atomic mass is 10.1. The van der Waals surface area contributed by atoms with Gasteiger partial charge in [0.25, 0.3) is 0 Å². The van der Waals surface area contributed by atoms with Crippen LogP contribution in [-0.4, -0.2) is 13.7 Å². The number of hydrogen-bond donors (Lipinski definition) is 2. The van der Waals surface area contributed by atoms with Gasteiger partial charge in [-0.2, -0.15) is 0 Å². The van der Waals surface area contributed by atoms with Gasteiger partial charge in [-0.25, -0.2) is 0 Å². The van der Waals surface area contributed by atoms with Crippen LogP contribution in [-0.2, 0) is 0 Å². The lowest BCUT2D eigenvalue weighted by Crippen LogP contribution is -2.11. The van der Waals surface area contributed by atoms with Crippen molar-refractivity contribution < 1.29 is 4.74 Å². The maximum Gasteiger partial charge on any atom is 0.122 e. The van der Waals surface area contributed by atoms with Gasteiger partial charge in [0, 0.05) is 30.1 Å². The summed E-state index contributed by atoms with van der Waals surface area (Å²) < 4.78 is 5.16. The monoisotopic (exact) mass is 206 g/mol. The fourth-order valence-corrected chi connectivity index (χ4v) is 1.55. The molecule has 0 radical (unpaired) electrons. The summed E-state index contributed by atoms with van der Waals surface area (Å²) >= 11 is 0. The highest BCUT2D eigenvalue weighted by Gasteiger charge is 2.36. The number of ether oxygens (including phenoxy) is 1. The van der Waals surface area contributed by atoms with Gasteiger partial charge in [-0.3, -0.25) is 0 Å². The van der Waals surface area contributed by atoms with Gasteiger partial charge in [0.1, 0.15) is 5.75 Å². The molecule has 3 N–H and O–H groups in total. The van der Waals surface area contributed by atoms with E-state index in [0.29, 0.717) is 5.41 Å². The van der Waals surface area contributed by atoms with Crippen LogP contribution in [0.25, 0.3) is 0 Å². The largest absolute Gasteiger partial charge is 0.497 e. The smallest absolute Gasteiger partial charge is 0.122 e. The summed E-state index contributed by atoms with van der Waals surface area (Å²) in [5.74, 6) is 0.804. The van der Waals surface area contributed by atoms with E-state index in [4.69, 9.17) is 10.5 Å². The van der Waals surface area contributed by atoms with Gasteiger partial charge in [0.15, 0.2) is 0 Å². The minimum Gasteiger partial charge on any atom is -0.497 e. The Hall–Kier alpha value is -1.38. The zero-order valence-corrected chi connectivity index (χ0v) is 9.34. The van der Waals surface area contributed by atoms with Crippen molar-refractivity contribution in [1.29, 1.82) is 0 Å². The van der Waals surface area contributed by atoms with Gasteiger partial charge in [0.05, 0.1) is 7.11 Å². The number of hydrogen-bond acceptors (Lipinski definition) is 3. The van der Waals surface area contributed by atoms with Gasteiger partial charge < -0.3 is 15.8 Å². The van der Waals surface area contributed by atoms with E-state index in [9.17, 15) is 0 Å². The van der Waals surface area contributed by atoms with E-state index in [2.05, 4.69) is 12.2 Å². The summed E-state index contributed by atoms with van der Waals surface area (Å²) in [6.45, 7) is 3.31. The Labute approximate surface area is 90.6 Å². The van der Waals surface area contributed by atoms with Crippen LogP contribution in [0.4, 0.5) is 11.4 Å². The number of anilines is 2. The van der Waals surface area contributed by atoms with E-state index in [1.54, 1.807) is 7.11 Å². The highest BCUT2D eigenvalue weighted by molar-refractivity contribution is 5.59. The summed E-state index contributed by atoms with van der Waals surface area (Å²) in [5.41, 5.74) is 8.04. The Balaban J connectivity index is 2.03. The summed E-state index contributed by atoms with van der Waals surface area (Å²) in [6.07, 6.45) is 2.64. The number of nitrogens with one attached hydrogen (secondary N) is 1. The lowest BCUT2D eigenvalue weighted by Gasteiger charge is -2.13. The zero-order valence-electron chi connectivity index (χ0n) is 9.34. The molecule has 1 aliphatic carbocycles. The van der Waals surface area contributed by atoms with E-state index in [-0.39, 0.29) is 0 Å². The molecule has 0 heterocycles. The van der Waals surface area contributed by atoms with E-state index >= 15 is 0 Å². The number of nitrogen functional groups attached to an aromatic ring is 1. The highest BCUT2D eigenvalue weighted by atomic mass is 16.5. The predicted octanol–water partition coefficient (Wildman–Crippen LogP) is 2.49. The fraction of sp³-hybridized carbons (Fsp3) is 0.500. The molecule has 0 amide bonds. The first-order valence-corrected chi connectivity index (χ1v) is 5.30. The molecule has 15 heavy (non-hydrogen) atoms. The Kier molecular flexibility index (Phi) is 2.47. The normalized spacial score (nSPS) is 17.2. The van der Waals surface area contributed by atoms with Crippen molar-refractivity contribution in [1.82, 2.24) is 0 Å². The van der Waals surface area contributed by atoms with E-state index in [1.807, 2.05) is 18.2 Å². The van der Waals surface area contributed by atoms with Crippen LogP contribution >= 0.6 is 0 Å². The topological polar surface area (TPSA) is 47.3 Å². The van der Waals surface area contributed by atoms with E-state index in [0.717, 1.165) is 23.7 Å². The molecule has 0 unspecified atom stereocenters. The zero-order chi connectivity index (χ0) is 10.9. The van der Waals surface area contributed by atoms with Crippen LogP contribution in [0, 0.1) is 5.41 Å². The third-order valence-corrected chi connectivity index (χ3v) is 2.99. The van der Waals surface area contributed by atoms with Crippen LogP contribution in [0.3, 0.4) is 0 Å². The van der Waals surface area contributed by atoms with Crippen molar-refractivity contribution in [2.75, 3.05) is 24.7 Å². The average molecular weight is 206 g/mol. The Bertz CT molecular complexity index is 359. The lowest BCUT2D eigenvalue weighted by molar-refractivity contribution is 0.415. The Morgan fingerprint density at radius 2 is 2.13 bits per heavy atom. The molecule has 1 aromatic carbocycles. The molecule has 1 aliphatic rings. The molecule has 0 aliphatic heterocycles. The third-order valence-electron chi connectivity index (χ3n) is 2.99. The molecule has 1 fully saturated rings. The van der Waals surface area contributed by atoms with Gasteiger partial charge in [-0.1, -0.05) is 6.92 Å². The van der Waals surface area contributed by atoms with Crippen LogP contribution < -0.4 is 15.8 Å². The van der Waals surface area contributed by atoms with Crippen LogP contribution in [0.15, 0.2) is 18.2 Å². The molecule has 1 saturated carbocycles. The van der Waals surface area contributed by atoms with Crippen LogP contribution in [0.2, 0.25) is 0 Å². The summed E-state index contributed by atoms with van der Waals surface area (Å²) in [4.78, 5) is 0. The molecule has 0 spiro atoms. The first kappa shape index (κ1) is 10.1. The molecule has 0 atom stereocenters. The van der Waals surface area contributed by atoms with Crippen molar-refractivity contribution in [2.45, 2.75) is 19.8 Å². The molecular formula is C12H18N2O. The highest BCUT2D eigenvalue weighted by Crippen LogP contribution is 2.44. The predicted molar refractivity (Wildman–Crippen MR) is 63.2 cm³/mol. The molecule has 0 saturated heterocycles. The number of nitrogens with two attached hydrogens (primary N) is 1. The second kappa shape index (κ2) is 3.65. The third kappa shape index (κ3) is 2.55. The molecule has 0 bridgehead atoms. The first-order valence-electron chi connectivity index (χ1n) is 5.30. The summed E-state index contributed by atoms with van der Waals surface area (Å²) in [7, 11) is 1.65. The first-order chi connectivity index (χ1) is 7.11. The minimum absolute atomic E-state index is 0.498. The van der Waals surface area contributed by atoms with Crippen molar-refractivity contribution >= 4 is 11.4 Å². The van der Waals surface area contributed by atoms with Gasteiger partial charge in [-0.05, 0) is 24.3 Å². The minimum atomic E-state index is 0.498.